The molecule has 0 radical (unpaired) electrons. The number of hydrogen-bond acceptors (Lipinski definition) is 2. The van der Waals surface area contributed by atoms with E-state index in [0.29, 0.717) is 0 Å². The van der Waals surface area contributed by atoms with Crippen LogP contribution in [0.1, 0.15) is 11.1 Å². The van der Waals surface area contributed by atoms with E-state index in [1.807, 2.05) is 0 Å². The highest BCUT2D eigenvalue weighted by Crippen LogP contribution is 2.56. The molecule has 274 valence electrons. The van der Waals surface area contributed by atoms with Crippen molar-refractivity contribution < 1.29 is 0 Å². The molecule has 0 saturated carbocycles. The van der Waals surface area contributed by atoms with Crippen molar-refractivity contribution in [3.63, 3.8) is 0 Å². The highest BCUT2D eigenvalue weighted by Gasteiger charge is 2.30. The van der Waals surface area contributed by atoms with Crippen LogP contribution in [0.5, 0.6) is 0 Å². The number of fused-ring (bicyclic) bond motifs is 9. The Morgan fingerprint density at radius 3 is 1.14 bits per heavy atom. The van der Waals surface area contributed by atoms with E-state index in [1.165, 1.54) is 111 Å². The summed E-state index contributed by atoms with van der Waals surface area (Å²) < 4.78 is 0. The summed E-state index contributed by atoms with van der Waals surface area (Å²) in [6.45, 7) is 0. The van der Waals surface area contributed by atoms with Crippen molar-refractivity contribution in [3.8, 4) is 55.6 Å². The fraction of sp³-hybridized carbons (Fsp3) is 0.0175. The van der Waals surface area contributed by atoms with E-state index < -0.39 is 0 Å². The van der Waals surface area contributed by atoms with Crippen LogP contribution in [0.3, 0.4) is 0 Å². The fourth-order valence-electron chi connectivity index (χ4n) is 10.4. The summed E-state index contributed by atoms with van der Waals surface area (Å²) in [5, 5.41) is 5.22. The normalized spacial score (nSPS) is 12.3. The molecule has 3 aliphatic rings. The van der Waals surface area contributed by atoms with Crippen LogP contribution < -0.4 is 9.80 Å². The first-order chi connectivity index (χ1) is 29.3. The molecule has 59 heavy (non-hydrogen) atoms. The summed E-state index contributed by atoms with van der Waals surface area (Å²) in [5.74, 6) is 0. The van der Waals surface area contributed by atoms with Crippen LogP contribution in [0.15, 0.2) is 206 Å². The third-order valence-electron chi connectivity index (χ3n) is 12.9. The Morgan fingerprint density at radius 2 is 0.678 bits per heavy atom. The largest absolute Gasteiger partial charge is 0.310 e. The lowest BCUT2D eigenvalue weighted by Crippen LogP contribution is -2.11. The quantitative estimate of drug-likeness (QED) is 0.167. The first-order valence-electron chi connectivity index (χ1n) is 20.6. The predicted molar refractivity (Wildman–Crippen MR) is 248 cm³/mol. The van der Waals surface area contributed by atoms with Crippen LogP contribution in [0.4, 0.5) is 34.1 Å². The highest BCUT2D eigenvalue weighted by molar-refractivity contribution is 6.21. The second-order valence-corrected chi connectivity index (χ2v) is 16.0. The zero-order chi connectivity index (χ0) is 38.6. The third kappa shape index (κ3) is 4.69. The Kier molecular flexibility index (Phi) is 6.82. The molecule has 0 bridgehead atoms. The molecule has 13 rings (SSSR count). The average molecular weight is 749 g/mol. The van der Waals surface area contributed by atoms with Gasteiger partial charge < -0.3 is 9.80 Å². The minimum absolute atomic E-state index is 0.868. The van der Waals surface area contributed by atoms with Gasteiger partial charge in [-0.05, 0) is 144 Å². The standard InChI is InChI=1S/C57H36N2/c1-3-15-40(16-4-1)58(52-31-25-36-13-11-23-48-46-19-7-9-21-50(46)56(52)54(36)48)42-27-29-44-38(34-42)33-39-35-43(28-30-45(39)44)59(41-17-5-2-6-18-41)53-32-26-37-14-12-24-49-47-20-8-10-22-51(47)57(53)55(37)49/h1-32,34-35H,33H2. The number of rotatable bonds is 6. The molecule has 0 fully saturated rings. The topological polar surface area (TPSA) is 6.48 Å². The van der Waals surface area contributed by atoms with Crippen molar-refractivity contribution in [2.45, 2.75) is 6.42 Å². The van der Waals surface area contributed by atoms with Gasteiger partial charge in [0.1, 0.15) is 0 Å². The number of nitrogens with zero attached hydrogens (tertiary/aromatic N) is 2. The van der Waals surface area contributed by atoms with Crippen LogP contribution >= 0.6 is 0 Å². The van der Waals surface area contributed by atoms with Crippen molar-refractivity contribution >= 4 is 55.7 Å². The van der Waals surface area contributed by atoms with Gasteiger partial charge in [0, 0.05) is 33.9 Å². The van der Waals surface area contributed by atoms with E-state index in [0.717, 1.165) is 17.8 Å². The SMILES string of the molecule is c1ccc(N(c2ccc3c(c2)Cc2cc(N(c4ccccc4)c4ccc5cccc6c5c4-c4ccccc4-6)ccc2-3)c2ccc3cccc4c3c2-c2ccccc2-4)cc1. The van der Waals surface area contributed by atoms with Gasteiger partial charge in [-0.2, -0.15) is 0 Å². The maximum Gasteiger partial charge on any atom is 0.0546 e. The molecule has 0 heterocycles. The van der Waals surface area contributed by atoms with E-state index in [2.05, 4.69) is 216 Å². The first kappa shape index (κ1) is 32.4. The smallest absolute Gasteiger partial charge is 0.0546 e. The van der Waals surface area contributed by atoms with Crippen molar-refractivity contribution in [1.29, 1.82) is 0 Å². The highest BCUT2D eigenvalue weighted by atomic mass is 15.2. The van der Waals surface area contributed by atoms with Crippen LogP contribution in [-0.4, -0.2) is 0 Å². The van der Waals surface area contributed by atoms with Gasteiger partial charge in [-0.15, -0.1) is 0 Å². The minimum atomic E-state index is 0.868. The van der Waals surface area contributed by atoms with E-state index in [4.69, 9.17) is 0 Å². The van der Waals surface area contributed by atoms with Crippen LogP contribution in [0.25, 0.3) is 77.2 Å². The summed E-state index contributed by atoms with van der Waals surface area (Å²) in [5.41, 5.74) is 22.8. The molecule has 2 heteroatoms. The van der Waals surface area contributed by atoms with E-state index in [-0.39, 0.29) is 0 Å². The second kappa shape index (κ2) is 12.4. The maximum absolute atomic E-state index is 2.47. The van der Waals surface area contributed by atoms with Gasteiger partial charge in [0.05, 0.1) is 11.4 Å². The van der Waals surface area contributed by atoms with Crippen molar-refractivity contribution in [1.82, 2.24) is 0 Å². The second-order valence-electron chi connectivity index (χ2n) is 16.0. The fourth-order valence-corrected chi connectivity index (χ4v) is 10.4. The van der Waals surface area contributed by atoms with Gasteiger partial charge in [-0.25, -0.2) is 0 Å². The molecule has 0 atom stereocenters. The summed E-state index contributed by atoms with van der Waals surface area (Å²) in [6, 6.07) is 76.4. The van der Waals surface area contributed by atoms with E-state index in [9.17, 15) is 0 Å². The molecule has 10 aromatic rings. The van der Waals surface area contributed by atoms with E-state index in [1.54, 1.807) is 0 Å². The van der Waals surface area contributed by atoms with Crippen LogP contribution in [0, 0.1) is 0 Å². The van der Waals surface area contributed by atoms with Gasteiger partial charge >= 0.3 is 0 Å². The maximum atomic E-state index is 2.47. The van der Waals surface area contributed by atoms with Crippen molar-refractivity contribution in [3.05, 3.63) is 217 Å². The van der Waals surface area contributed by atoms with Crippen LogP contribution in [0.2, 0.25) is 0 Å². The predicted octanol–water partition coefficient (Wildman–Crippen LogP) is 15.8. The zero-order valence-electron chi connectivity index (χ0n) is 32.2. The van der Waals surface area contributed by atoms with Crippen LogP contribution in [-0.2, 0) is 6.42 Å². The third-order valence-corrected chi connectivity index (χ3v) is 12.9. The number of para-hydroxylation sites is 2. The molecule has 0 aromatic heterocycles. The Balaban J connectivity index is 0.942. The monoisotopic (exact) mass is 748 g/mol. The van der Waals surface area contributed by atoms with E-state index >= 15 is 0 Å². The molecular weight excluding hydrogens is 713 g/mol. The number of anilines is 6. The Hall–Kier alpha value is -7.68. The molecule has 0 N–H and O–H groups in total. The zero-order valence-corrected chi connectivity index (χ0v) is 32.2. The molecule has 0 unspecified atom stereocenters. The summed E-state index contributed by atoms with van der Waals surface area (Å²) in [4.78, 5) is 4.93. The minimum Gasteiger partial charge on any atom is -0.310 e. The lowest BCUT2D eigenvalue weighted by Gasteiger charge is -2.28. The average Bonchev–Trinajstić information content (AvgIpc) is 3.95. The molecule has 2 nitrogen and oxygen atoms in total. The molecule has 0 saturated heterocycles. The first-order valence-corrected chi connectivity index (χ1v) is 20.6. The van der Waals surface area contributed by atoms with Gasteiger partial charge in [-0.3, -0.25) is 0 Å². The lowest BCUT2D eigenvalue weighted by atomic mass is 9.98. The van der Waals surface area contributed by atoms with Gasteiger partial charge in [0.2, 0.25) is 0 Å². The molecule has 0 spiro atoms. The summed E-state index contributed by atoms with van der Waals surface area (Å²) in [7, 11) is 0. The van der Waals surface area contributed by atoms with Gasteiger partial charge in [-0.1, -0.05) is 146 Å². The van der Waals surface area contributed by atoms with Crippen molar-refractivity contribution in [2.75, 3.05) is 9.80 Å². The number of hydrogen-bond donors (Lipinski definition) is 0. The summed E-state index contributed by atoms with van der Waals surface area (Å²) >= 11 is 0. The Morgan fingerprint density at radius 1 is 0.271 bits per heavy atom. The molecule has 0 amide bonds. The molecular formula is C57H36N2. The Labute approximate surface area is 343 Å². The summed E-state index contributed by atoms with van der Waals surface area (Å²) in [6.07, 6.45) is 0.868. The van der Waals surface area contributed by atoms with Gasteiger partial charge in [0.15, 0.2) is 0 Å². The molecule has 0 aliphatic heterocycles. The lowest BCUT2D eigenvalue weighted by molar-refractivity contribution is 1.22. The molecule has 3 aliphatic carbocycles. The Bertz CT molecular complexity index is 3140. The van der Waals surface area contributed by atoms with Crippen molar-refractivity contribution in [2.24, 2.45) is 0 Å². The molecule has 10 aromatic carbocycles. The number of benzene rings is 10. The van der Waals surface area contributed by atoms with Gasteiger partial charge in [0.25, 0.3) is 0 Å².